The minimum Gasteiger partial charge on any atom is -0.339 e. The Morgan fingerprint density at radius 3 is 2.50 bits per heavy atom. The van der Waals surface area contributed by atoms with Gasteiger partial charge in [-0.15, -0.1) is 0 Å². The molecule has 2 heterocycles. The van der Waals surface area contributed by atoms with Crippen LogP contribution in [-0.4, -0.2) is 19.5 Å². The molecule has 4 aromatic rings. The van der Waals surface area contributed by atoms with Crippen molar-refractivity contribution in [1.82, 2.24) is 19.5 Å². The van der Waals surface area contributed by atoms with Crippen LogP contribution in [0.4, 0.5) is 11.5 Å². The van der Waals surface area contributed by atoms with E-state index in [4.69, 9.17) is 4.98 Å². The average molecular weight is 315 g/mol. The van der Waals surface area contributed by atoms with Crippen LogP contribution in [0, 0.1) is 13.8 Å². The number of anilines is 2. The smallest absolute Gasteiger partial charge is 0.159 e. The van der Waals surface area contributed by atoms with Crippen LogP contribution >= 0.6 is 0 Å². The van der Waals surface area contributed by atoms with Crippen molar-refractivity contribution in [2.75, 3.05) is 5.32 Å². The number of rotatable bonds is 3. The fourth-order valence-corrected chi connectivity index (χ4v) is 2.74. The molecule has 5 heteroatoms. The Balaban J connectivity index is 1.74. The Kier molecular flexibility index (Phi) is 3.46. The fraction of sp³-hybridized carbons (Fsp3) is 0.105. The number of fused-ring (bicyclic) bond motifs is 1. The molecule has 118 valence electrons. The highest BCUT2D eigenvalue weighted by Gasteiger charge is 2.10. The van der Waals surface area contributed by atoms with Gasteiger partial charge in [-0.25, -0.2) is 9.97 Å². The van der Waals surface area contributed by atoms with Crippen LogP contribution in [0.5, 0.6) is 0 Å². The lowest BCUT2D eigenvalue weighted by Crippen LogP contribution is -2.03. The van der Waals surface area contributed by atoms with Crippen molar-refractivity contribution in [3.8, 4) is 5.82 Å². The molecule has 0 bridgehead atoms. The van der Waals surface area contributed by atoms with E-state index in [0.29, 0.717) is 5.82 Å². The first-order valence-corrected chi connectivity index (χ1v) is 7.81. The quantitative estimate of drug-likeness (QED) is 0.616. The van der Waals surface area contributed by atoms with Gasteiger partial charge in [0, 0.05) is 5.69 Å². The second-order valence-corrected chi connectivity index (χ2v) is 5.74. The number of nitrogens with one attached hydrogen (secondary N) is 1. The van der Waals surface area contributed by atoms with Crippen molar-refractivity contribution in [2.24, 2.45) is 0 Å². The standard InChI is InChI=1S/C19H17N5/c1-13-7-9-15(10-8-13)22-18-11-20-12-19(23-18)24-14(2)21-16-5-3-4-6-17(16)24/h3-12H,1-2H3,(H,22,23). The molecule has 2 aromatic heterocycles. The van der Waals surface area contributed by atoms with Crippen LogP contribution in [0.15, 0.2) is 60.9 Å². The van der Waals surface area contributed by atoms with E-state index in [-0.39, 0.29) is 0 Å². The molecule has 5 nitrogen and oxygen atoms in total. The summed E-state index contributed by atoms with van der Waals surface area (Å²) in [6.07, 6.45) is 3.47. The SMILES string of the molecule is Cc1ccc(Nc2cncc(-n3c(C)nc4ccccc43)n2)cc1. The predicted octanol–water partition coefficient (Wildman–Crippen LogP) is 4.18. The molecule has 24 heavy (non-hydrogen) atoms. The number of hydrogen-bond donors (Lipinski definition) is 1. The Morgan fingerprint density at radius 2 is 1.67 bits per heavy atom. The summed E-state index contributed by atoms with van der Waals surface area (Å²) in [5.74, 6) is 2.34. The number of benzene rings is 2. The van der Waals surface area contributed by atoms with E-state index < -0.39 is 0 Å². The van der Waals surface area contributed by atoms with E-state index in [9.17, 15) is 0 Å². The number of aromatic nitrogens is 4. The Morgan fingerprint density at radius 1 is 0.875 bits per heavy atom. The molecule has 2 aromatic carbocycles. The molecule has 0 saturated heterocycles. The van der Waals surface area contributed by atoms with E-state index in [1.165, 1.54) is 5.56 Å². The van der Waals surface area contributed by atoms with Gasteiger partial charge in [0.2, 0.25) is 0 Å². The van der Waals surface area contributed by atoms with Gasteiger partial charge in [0.25, 0.3) is 0 Å². The molecule has 0 aliphatic carbocycles. The highest BCUT2D eigenvalue weighted by atomic mass is 15.2. The molecule has 4 rings (SSSR count). The molecule has 0 saturated carbocycles. The lowest BCUT2D eigenvalue weighted by molar-refractivity contribution is 0.943. The third-order valence-electron chi connectivity index (χ3n) is 3.90. The topological polar surface area (TPSA) is 55.6 Å². The first kappa shape index (κ1) is 14.4. The second-order valence-electron chi connectivity index (χ2n) is 5.74. The number of aryl methyl sites for hydroxylation is 2. The van der Waals surface area contributed by atoms with Gasteiger partial charge in [-0.2, -0.15) is 0 Å². The van der Waals surface area contributed by atoms with E-state index in [1.54, 1.807) is 12.4 Å². The van der Waals surface area contributed by atoms with Gasteiger partial charge in [-0.1, -0.05) is 29.8 Å². The average Bonchev–Trinajstić information content (AvgIpc) is 2.93. The first-order valence-electron chi connectivity index (χ1n) is 7.81. The van der Waals surface area contributed by atoms with E-state index in [1.807, 2.05) is 47.9 Å². The van der Waals surface area contributed by atoms with Crippen molar-refractivity contribution in [3.63, 3.8) is 0 Å². The Bertz CT molecular complexity index is 1000. The van der Waals surface area contributed by atoms with Crippen LogP contribution < -0.4 is 5.32 Å². The molecule has 0 aliphatic heterocycles. The lowest BCUT2D eigenvalue weighted by Gasteiger charge is -2.09. The normalized spacial score (nSPS) is 10.9. The van der Waals surface area contributed by atoms with Crippen LogP contribution in [-0.2, 0) is 0 Å². The molecular weight excluding hydrogens is 298 g/mol. The molecular formula is C19H17N5. The summed E-state index contributed by atoms with van der Waals surface area (Å²) < 4.78 is 2.02. The van der Waals surface area contributed by atoms with E-state index >= 15 is 0 Å². The molecule has 0 spiro atoms. The summed E-state index contributed by atoms with van der Waals surface area (Å²) in [5, 5.41) is 3.29. The maximum atomic E-state index is 4.69. The number of imidazole rings is 1. The summed E-state index contributed by atoms with van der Waals surface area (Å²) in [6, 6.07) is 16.2. The highest BCUT2D eigenvalue weighted by Crippen LogP contribution is 2.21. The zero-order valence-electron chi connectivity index (χ0n) is 13.6. The zero-order valence-corrected chi connectivity index (χ0v) is 13.6. The minimum absolute atomic E-state index is 0.702. The van der Waals surface area contributed by atoms with Crippen molar-refractivity contribution >= 4 is 22.5 Å². The second kappa shape index (κ2) is 5.77. The van der Waals surface area contributed by atoms with Crippen LogP contribution in [0.25, 0.3) is 16.9 Å². The Labute approximate surface area is 140 Å². The molecule has 0 amide bonds. The van der Waals surface area contributed by atoms with Gasteiger partial charge < -0.3 is 5.32 Å². The number of nitrogens with zero attached hydrogens (tertiary/aromatic N) is 4. The molecule has 0 radical (unpaired) electrons. The maximum Gasteiger partial charge on any atom is 0.159 e. The molecule has 0 unspecified atom stereocenters. The van der Waals surface area contributed by atoms with Gasteiger partial charge in [0.05, 0.1) is 23.4 Å². The summed E-state index contributed by atoms with van der Waals surface area (Å²) in [5.41, 5.74) is 4.19. The summed E-state index contributed by atoms with van der Waals surface area (Å²) in [4.78, 5) is 13.6. The summed E-state index contributed by atoms with van der Waals surface area (Å²) in [7, 11) is 0. The molecule has 0 aliphatic rings. The van der Waals surface area contributed by atoms with Crippen LogP contribution in [0.1, 0.15) is 11.4 Å². The zero-order chi connectivity index (χ0) is 16.5. The van der Waals surface area contributed by atoms with E-state index in [0.717, 1.165) is 28.4 Å². The van der Waals surface area contributed by atoms with Crippen molar-refractivity contribution in [1.29, 1.82) is 0 Å². The monoisotopic (exact) mass is 315 g/mol. The van der Waals surface area contributed by atoms with Gasteiger partial charge >= 0.3 is 0 Å². The van der Waals surface area contributed by atoms with Crippen LogP contribution in [0.2, 0.25) is 0 Å². The highest BCUT2D eigenvalue weighted by molar-refractivity contribution is 5.77. The first-order chi connectivity index (χ1) is 11.7. The van der Waals surface area contributed by atoms with Gasteiger partial charge in [0.15, 0.2) is 11.6 Å². The van der Waals surface area contributed by atoms with E-state index in [2.05, 4.69) is 34.3 Å². The van der Waals surface area contributed by atoms with Crippen molar-refractivity contribution < 1.29 is 0 Å². The third-order valence-corrected chi connectivity index (χ3v) is 3.90. The molecule has 0 fully saturated rings. The largest absolute Gasteiger partial charge is 0.339 e. The predicted molar refractivity (Wildman–Crippen MR) is 95.9 cm³/mol. The maximum absolute atomic E-state index is 4.69. The van der Waals surface area contributed by atoms with Gasteiger partial charge in [-0.3, -0.25) is 9.55 Å². The molecule has 0 atom stereocenters. The van der Waals surface area contributed by atoms with Crippen molar-refractivity contribution in [3.05, 3.63) is 72.3 Å². The third kappa shape index (κ3) is 2.60. The van der Waals surface area contributed by atoms with Crippen LogP contribution in [0.3, 0.4) is 0 Å². The summed E-state index contributed by atoms with van der Waals surface area (Å²) in [6.45, 7) is 4.04. The molecule has 1 N–H and O–H groups in total. The number of para-hydroxylation sites is 2. The Hall–Kier alpha value is -3.21. The summed E-state index contributed by atoms with van der Waals surface area (Å²) >= 11 is 0. The fourth-order valence-electron chi connectivity index (χ4n) is 2.74. The van der Waals surface area contributed by atoms with Gasteiger partial charge in [-0.05, 0) is 38.1 Å². The lowest BCUT2D eigenvalue weighted by atomic mass is 10.2. The van der Waals surface area contributed by atoms with Gasteiger partial charge in [0.1, 0.15) is 5.82 Å². The minimum atomic E-state index is 0.702. The van der Waals surface area contributed by atoms with Crippen molar-refractivity contribution in [2.45, 2.75) is 13.8 Å². The number of hydrogen-bond acceptors (Lipinski definition) is 4.